The lowest BCUT2D eigenvalue weighted by molar-refractivity contribution is -0.115. The molecular weight excluding hydrogens is 368 g/mol. The lowest BCUT2D eigenvalue weighted by Gasteiger charge is -2.26. The van der Waals surface area contributed by atoms with Crippen LogP contribution in [0, 0.1) is 6.92 Å². The highest BCUT2D eigenvalue weighted by molar-refractivity contribution is 9.10. The first-order chi connectivity index (χ1) is 11.5. The number of carbonyl (C=O) groups is 1. The molecule has 0 saturated heterocycles. The SMILES string of the molecule is CCC(O)CN(CC(=O)Nc1ccc(Br)c(C)c1)c1ccccc1. The summed E-state index contributed by atoms with van der Waals surface area (Å²) >= 11 is 3.45. The number of nitrogens with zero attached hydrogens (tertiary/aromatic N) is 1. The van der Waals surface area contributed by atoms with Gasteiger partial charge in [-0.05, 0) is 49.2 Å². The van der Waals surface area contributed by atoms with Crippen LogP contribution in [-0.4, -0.2) is 30.2 Å². The number of aryl methyl sites for hydroxylation is 1. The second-order valence-corrected chi connectivity index (χ2v) is 6.64. The Morgan fingerprint density at radius 3 is 2.58 bits per heavy atom. The average Bonchev–Trinajstić information content (AvgIpc) is 2.58. The van der Waals surface area contributed by atoms with Crippen LogP contribution in [-0.2, 0) is 4.79 Å². The van der Waals surface area contributed by atoms with Gasteiger partial charge in [0.2, 0.25) is 5.91 Å². The monoisotopic (exact) mass is 390 g/mol. The van der Waals surface area contributed by atoms with Crippen molar-refractivity contribution in [2.24, 2.45) is 0 Å². The zero-order chi connectivity index (χ0) is 17.5. The van der Waals surface area contributed by atoms with E-state index in [9.17, 15) is 9.90 Å². The smallest absolute Gasteiger partial charge is 0.243 e. The number of anilines is 2. The highest BCUT2D eigenvalue weighted by Gasteiger charge is 2.15. The third-order valence-corrected chi connectivity index (χ3v) is 4.69. The molecule has 0 bridgehead atoms. The summed E-state index contributed by atoms with van der Waals surface area (Å²) in [4.78, 5) is 14.3. The van der Waals surface area contributed by atoms with Crippen LogP contribution in [0.2, 0.25) is 0 Å². The van der Waals surface area contributed by atoms with Crippen LogP contribution in [0.1, 0.15) is 18.9 Å². The Labute approximate surface area is 151 Å². The number of rotatable bonds is 7. The van der Waals surface area contributed by atoms with Crippen molar-refractivity contribution in [3.63, 3.8) is 0 Å². The fourth-order valence-corrected chi connectivity index (χ4v) is 2.63. The van der Waals surface area contributed by atoms with Crippen molar-refractivity contribution < 1.29 is 9.90 Å². The van der Waals surface area contributed by atoms with Crippen molar-refractivity contribution >= 4 is 33.2 Å². The molecule has 0 aliphatic carbocycles. The molecule has 0 saturated carbocycles. The molecule has 5 heteroatoms. The standard InChI is InChI=1S/C19H23BrN2O2/c1-3-17(23)12-22(16-7-5-4-6-8-16)13-19(24)21-15-9-10-18(20)14(2)11-15/h4-11,17,23H,3,12-13H2,1-2H3,(H,21,24). The van der Waals surface area contributed by atoms with Gasteiger partial charge in [-0.15, -0.1) is 0 Å². The van der Waals surface area contributed by atoms with Crippen molar-refractivity contribution in [3.05, 3.63) is 58.6 Å². The molecule has 0 aliphatic heterocycles. The molecule has 0 fully saturated rings. The van der Waals surface area contributed by atoms with Gasteiger partial charge in [-0.1, -0.05) is 41.1 Å². The Hall–Kier alpha value is -1.85. The van der Waals surface area contributed by atoms with Crippen molar-refractivity contribution in [2.45, 2.75) is 26.4 Å². The molecule has 1 amide bonds. The van der Waals surface area contributed by atoms with Gasteiger partial charge in [0.15, 0.2) is 0 Å². The minimum absolute atomic E-state index is 0.108. The van der Waals surface area contributed by atoms with Crippen LogP contribution in [0.5, 0.6) is 0 Å². The highest BCUT2D eigenvalue weighted by atomic mass is 79.9. The Kier molecular flexibility index (Phi) is 6.82. The summed E-state index contributed by atoms with van der Waals surface area (Å²) in [6.07, 6.45) is 0.185. The number of nitrogens with one attached hydrogen (secondary N) is 1. The predicted molar refractivity (Wildman–Crippen MR) is 102 cm³/mol. The second-order valence-electron chi connectivity index (χ2n) is 5.79. The van der Waals surface area contributed by atoms with Crippen LogP contribution < -0.4 is 10.2 Å². The fourth-order valence-electron chi connectivity index (χ4n) is 2.38. The molecule has 1 atom stereocenters. The summed E-state index contributed by atoms with van der Waals surface area (Å²) in [6, 6.07) is 15.4. The Morgan fingerprint density at radius 2 is 1.96 bits per heavy atom. The third kappa shape index (κ3) is 5.35. The van der Waals surface area contributed by atoms with E-state index in [0.29, 0.717) is 13.0 Å². The second kappa shape index (κ2) is 8.85. The lowest BCUT2D eigenvalue weighted by Crippen LogP contribution is -2.38. The van der Waals surface area contributed by atoms with E-state index in [0.717, 1.165) is 21.4 Å². The van der Waals surface area contributed by atoms with Crippen LogP contribution in [0.25, 0.3) is 0 Å². The van der Waals surface area contributed by atoms with Crippen LogP contribution in [0.15, 0.2) is 53.0 Å². The summed E-state index contributed by atoms with van der Waals surface area (Å²) in [5.41, 5.74) is 2.76. The molecule has 0 spiro atoms. The van der Waals surface area contributed by atoms with E-state index in [4.69, 9.17) is 0 Å². The van der Waals surface area contributed by atoms with Crippen molar-refractivity contribution in [2.75, 3.05) is 23.3 Å². The summed E-state index contributed by atoms with van der Waals surface area (Å²) < 4.78 is 1.01. The predicted octanol–water partition coefficient (Wildman–Crippen LogP) is 3.97. The molecular formula is C19H23BrN2O2. The maximum absolute atomic E-state index is 12.4. The summed E-state index contributed by atoms with van der Waals surface area (Å²) in [5.74, 6) is -0.108. The van der Waals surface area contributed by atoms with Gasteiger partial charge >= 0.3 is 0 Å². The van der Waals surface area contributed by atoms with E-state index in [2.05, 4.69) is 21.2 Å². The quantitative estimate of drug-likeness (QED) is 0.751. The maximum atomic E-state index is 12.4. The van der Waals surface area contributed by atoms with E-state index >= 15 is 0 Å². The molecule has 2 N–H and O–H groups in total. The van der Waals surface area contributed by atoms with E-state index in [1.54, 1.807) is 0 Å². The van der Waals surface area contributed by atoms with Crippen LogP contribution >= 0.6 is 15.9 Å². The van der Waals surface area contributed by atoms with E-state index < -0.39 is 6.10 Å². The van der Waals surface area contributed by atoms with Crippen LogP contribution in [0.4, 0.5) is 11.4 Å². The first-order valence-electron chi connectivity index (χ1n) is 8.03. The fraction of sp³-hybridized carbons (Fsp3) is 0.316. The first kappa shape index (κ1) is 18.5. The molecule has 24 heavy (non-hydrogen) atoms. The summed E-state index contributed by atoms with van der Waals surface area (Å²) in [5, 5.41) is 12.9. The number of para-hydroxylation sites is 1. The number of aliphatic hydroxyl groups excluding tert-OH is 1. The number of benzene rings is 2. The summed E-state index contributed by atoms with van der Waals surface area (Å²) in [6.45, 7) is 4.52. The Balaban J connectivity index is 2.07. The van der Waals surface area contributed by atoms with Gasteiger partial charge in [0.25, 0.3) is 0 Å². The van der Waals surface area contributed by atoms with E-state index in [1.807, 2.05) is 67.3 Å². The molecule has 0 aromatic heterocycles. The number of amides is 1. The van der Waals surface area contributed by atoms with Crippen molar-refractivity contribution in [3.8, 4) is 0 Å². The van der Waals surface area contributed by atoms with Gasteiger partial charge in [0.05, 0.1) is 12.6 Å². The largest absolute Gasteiger partial charge is 0.391 e. The van der Waals surface area contributed by atoms with Gasteiger partial charge < -0.3 is 15.3 Å². The molecule has 2 aromatic carbocycles. The molecule has 0 radical (unpaired) electrons. The first-order valence-corrected chi connectivity index (χ1v) is 8.83. The molecule has 1 unspecified atom stereocenters. The molecule has 2 aromatic rings. The molecule has 0 heterocycles. The molecule has 0 aliphatic rings. The highest BCUT2D eigenvalue weighted by Crippen LogP contribution is 2.20. The minimum atomic E-state index is -0.465. The van der Waals surface area contributed by atoms with Gasteiger partial charge in [0, 0.05) is 22.4 Å². The normalized spacial score (nSPS) is 11.8. The number of hydrogen-bond donors (Lipinski definition) is 2. The number of halogens is 1. The maximum Gasteiger partial charge on any atom is 0.243 e. The molecule has 2 rings (SSSR count). The Morgan fingerprint density at radius 1 is 1.25 bits per heavy atom. The lowest BCUT2D eigenvalue weighted by atomic mass is 10.2. The topological polar surface area (TPSA) is 52.6 Å². The van der Waals surface area contributed by atoms with E-state index in [-0.39, 0.29) is 12.5 Å². The van der Waals surface area contributed by atoms with Crippen molar-refractivity contribution in [1.82, 2.24) is 0 Å². The number of carbonyl (C=O) groups excluding carboxylic acids is 1. The van der Waals surface area contributed by atoms with Gasteiger partial charge in [0.1, 0.15) is 0 Å². The van der Waals surface area contributed by atoms with Gasteiger partial charge in [-0.2, -0.15) is 0 Å². The summed E-state index contributed by atoms with van der Waals surface area (Å²) in [7, 11) is 0. The van der Waals surface area contributed by atoms with E-state index in [1.165, 1.54) is 0 Å². The average molecular weight is 391 g/mol. The molecule has 128 valence electrons. The number of hydrogen-bond acceptors (Lipinski definition) is 3. The van der Waals surface area contributed by atoms with Gasteiger partial charge in [-0.3, -0.25) is 4.79 Å². The third-order valence-electron chi connectivity index (χ3n) is 3.80. The zero-order valence-corrected chi connectivity index (χ0v) is 15.6. The van der Waals surface area contributed by atoms with Crippen LogP contribution in [0.3, 0.4) is 0 Å². The van der Waals surface area contributed by atoms with Crippen molar-refractivity contribution in [1.29, 1.82) is 0 Å². The number of aliphatic hydroxyl groups is 1. The molecule has 4 nitrogen and oxygen atoms in total. The van der Waals surface area contributed by atoms with Gasteiger partial charge in [-0.25, -0.2) is 0 Å². The Bertz CT molecular complexity index is 676. The zero-order valence-electron chi connectivity index (χ0n) is 14.0. The minimum Gasteiger partial charge on any atom is -0.391 e.